The molecule has 0 saturated carbocycles. The molecule has 3 N–H and O–H groups in total. The number of carbonyl (C=O) groups excluding carboxylic acids is 1. The molecule has 1 fully saturated rings. The topological polar surface area (TPSA) is 121 Å². The van der Waals surface area contributed by atoms with E-state index in [4.69, 9.17) is 10.1 Å². The summed E-state index contributed by atoms with van der Waals surface area (Å²) in [6.45, 7) is 10.4. The summed E-state index contributed by atoms with van der Waals surface area (Å²) in [5.74, 6) is 1.48. The molecule has 2 aromatic carbocycles. The number of β-amino-alcohol motifs (C(OH)–C–C–N with tert-alkyl or cyclic N) is 1. The van der Waals surface area contributed by atoms with Gasteiger partial charge in [-0.05, 0) is 69.9 Å². The molecule has 0 radical (unpaired) electrons. The number of nitrogens with one attached hydrogen (secondary N) is 1. The van der Waals surface area contributed by atoms with Crippen molar-refractivity contribution in [1.29, 1.82) is 0 Å². The zero-order valence-electron chi connectivity index (χ0n) is 26.1. The highest BCUT2D eigenvalue weighted by molar-refractivity contribution is 5.98. The van der Waals surface area contributed by atoms with E-state index < -0.39 is 11.2 Å². The lowest BCUT2D eigenvalue weighted by atomic mass is 9.98. The van der Waals surface area contributed by atoms with Crippen LogP contribution in [0.3, 0.4) is 0 Å². The quantitative estimate of drug-likeness (QED) is 0.247. The van der Waals surface area contributed by atoms with E-state index in [1.165, 1.54) is 0 Å². The third-order valence-electron chi connectivity index (χ3n) is 8.37. The molecule has 1 amide bonds. The predicted molar refractivity (Wildman–Crippen MR) is 170 cm³/mol. The molecule has 10 nitrogen and oxygen atoms in total. The lowest BCUT2D eigenvalue weighted by molar-refractivity contribution is 0.0572. The van der Waals surface area contributed by atoms with Gasteiger partial charge in [-0.1, -0.05) is 30.3 Å². The second-order valence-electron chi connectivity index (χ2n) is 12.7. The first-order chi connectivity index (χ1) is 20.8. The van der Waals surface area contributed by atoms with Crippen LogP contribution in [0.5, 0.6) is 0 Å². The van der Waals surface area contributed by atoms with Crippen molar-refractivity contribution in [3.63, 3.8) is 0 Å². The van der Waals surface area contributed by atoms with Crippen molar-refractivity contribution in [2.45, 2.75) is 58.8 Å². The van der Waals surface area contributed by atoms with Crippen LogP contribution in [0.15, 0.2) is 60.9 Å². The molecule has 1 aliphatic rings. The Hall–Kier alpha value is -4.54. The Morgan fingerprint density at radius 1 is 1.11 bits per heavy atom. The number of aromatic nitrogens is 5. The number of amides is 1. The maximum atomic E-state index is 13.5. The molecule has 1 atom stereocenters. The van der Waals surface area contributed by atoms with E-state index in [-0.39, 0.29) is 5.91 Å². The zero-order chi connectivity index (χ0) is 31.4. The fourth-order valence-electron chi connectivity index (χ4n) is 5.85. The number of hydrogen-bond acceptors (Lipinski definition) is 7. The number of anilines is 1. The first kappa shape index (κ1) is 29.5. The van der Waals surface area contributed by atoms with Crippen LogP contribution >= 0.6 is 0 Å². The molecule has 1 aliphatic heterocycles. The summed E-state index contributed by atoms with van der Waals surface area (Å²) >= 11 is 0. The first-order valence-electron chi connectivity index (χ1n) is 14.9. The second kappa shape index (κ2) is 10.9. The minimum absolute atomic E-state index is 0.100. The van der Waals surface area contributed by atoms with E-state index in [1.807, 2.05) is 68.1 Å². The van der Waals surface area contributed by atoms with Crippen LogP contribution in [0.4, 0.5) is 5.82 Å². The summed E-state index contributed by atoms with van der Waals surface area (Å²) < 4.78 is 3.75. The summed E-state index contributed by atoms with van der Waals surface area (Å²) in [6.07, 6.45) is 4.26. The number of aliphatic hydroxyl groups is 2. The van der Waals surface area contributed by atoms with E-state index in [2.05, 4.69) is 22.4 Å². The third-order valence-corrected chi connectivity index (χ3v) is 8.37. The minimum atomic E-state index is -1.20. The monoisotopic (exact) mass is 593 g/mol. The van der Waals surface area contributed by atoms with Crippen LogP contribution in [0, 0.1) is 13.8 Å². The van der Waals surface area contributed by atoms with E-state index >= 15 is 0 Å². The van der Waals surface area contributed by atoms with Crippen LogP contribution in [0.2, 0.25) is 0 Å². The summed E-state index contributed by atoms with van der Waals surface area (Å²) in [6, 6.07) is 15.9. The maximum Gasteiger partial charge on any atom is 0.254 e. The number of imidazole rings is 1. The molecule has 1 unspecified atom stereocenters. The van der Waals surface area contributed by atoms with Gasteiger partial charge in [-0.15, -0.1) is 0 Å². The molecule has 0 bridgehead atoms. The fraction of sp³-hybridized carbons (Fsp3) is 0.353. The Morgan fingerprint density at radius 2 is 1.91 bits per heavy atom. The van der Waals surface area contributed by atoms with Crippen molar-refractivity contribution in [2.24, 2.45) is 7.05 Å². The predicted octanol–water partition coefficient (Wildman–Crippen LogP) is 4.85. The van der Waals surface area contributed by atoms with Gasteiger partial charge in [0.15, 0.2) is 5.65 Å². The highest BCUT2D eigenvalue weighted by Gasteiger charge is 2.35. The molecule has 0 aliphatic carbocycles. The van der Waals surface area contributed by atoms with Gasteiger partial charge in [-0.3, -0.25) is 4.79 Å². The molecule has 1 saturated heterocycles. The molecule has 5 aromatic rings. The molecule has 10 heteroatoms. The molecular formula is C34H39N7O3. The highest BCUT2D eigenvalue weighted by atomic mass is 16.3. The number of carbonyl (C=O) groups is 1. The minimum Gasteiger partial charge on any atom is -0.388 e. The largest absolute Gasteiger partial charge is 0.388 e. The Morgan fingerprint density at radius 3 is 2.59 bits per heavy atom. The van der Waals surface area contributed by atoms with Gasteiger partial charge in [0.1, 0.15) is 17.2 Å². The number of rotatable bonds is 7. The van der Waals surface area contributed by atoms with E-state index in [9.17, 15) is 15.0 Å². The summed E-state index contributed by atoms with van der Waals surface area (Å²) in [5, 5.41) is 29.8. The van der Waals surface area contributed by atoms with Crippen molar-refractivity contribution >= 4 is 17.4 Å². The highest BCUT2D eigenvalue weighted by Crippen LogP contribution is 2.33. The Kier molecular flexibility index (Phi) is 7.30. The van der Waals surface area contributed by atoms with Crippen molar-refractivity contribution in [3.8, 4) is 22.5 Å². The molecule has 6 rings (SSSR count). The van der Waals surface area contributed by atoms with Gasteiger partial charge < -0.3 is 25.0 Å². The maximum absolute atomic E-state index is 13.5. The van der Waals surface area contributed by atoms with Gasteiger partial charge in [0.05, 0.1) is 17.0 Å². The Bertz CT molecular complexity index is 1880. The fourth-order valence-corrected chi connectivity index (χ4v) is 5.85. The standard InChI is InChI=1S/C34H39N7O3/c1-21-10-11-24(17-26(21)32(42)40-14-12-34(5,44)20-40)29-22(2)38-41-28(18-27(33(3,4)43)37-31(29)41)36-19-23-8-7-9-25(16-23)30-35-13-15-39(30)6/h7-11,13,15-18,36,43-44H,12,14,19-20H2,1-6H3. The second-order valence-corrected chi connectivity index (χ2v) is 12.7. The van der Waals surface area contributed by atoms with Crippen LogP contribution < -0.4 is 5.32 Å². The van der Waals surface area contributed by atoms with Crippen LogP contribution in [-0.4, -0.2) is 63.9 Å². The smallest absolute Gasteiger partial charge is 0.254 e. The van der Waals surface area contributed by atoms with Gasteiger partial charge in [-0.2, -0.15) is 9.61 Å². The average Bonchev–Trinajstić information content (AvgIpc) is 3.66. The van der Waals surface area contributed by atoms with Gasteiger partial charge in [0.25, 0.3) is 5.91 Å². The van der Waals surface area contributed by atoms with Gasteiger partial charge in [-0.25, -0.2) is 9.97 Å². The average molecular weight is 594 g/mol. The van der Waals surface area contributed by atoms with Gasteiger partial charge in [0, 0.05) is 61.8 Å². The van der Waals surface area contributed by atoms with Crippen LogP contribution in [-0.2, 0) is 19.2 Å². The van der Waals surface area contributed by atoms with Crippen LogP contribution in [0.25, 0.3) is 28.2 Å². The molecule has 228 valence electrons. The van der Waals surface area contributed by atoms with E-state index in [1.54, 1.807) is 36.4 Å². The number of aryl methyl sites for hydroxylation is 3. The molecular weight excluding hydrogens is 554 g/mol. The SMILES string of the molecule is Cc1ccc(-c2c(C)nn3c(NCc4cccc(-c5nccn5C)c4)cc(C(C)(C)O)nc23)cc1C(=O)N1CCC(C)(O)C1. The molecule has 3 aromatic heterocycles. The molecule has 4 heterocycles. The Labute approximate surface area is 257 Å². The van der Waals surface area contributed by atoms with Crippen molar-refractivity contribution in [3.05, 3.63) is 89.0 Å². The Balaban J connectivity index is 1.39. The number of hydrogen-bond donors (Lipinski definition) is 3. The lowest BCUT2D eigenvalue weighted by Crippen LogP contribution is -2.34. The normalized spacial score (nSPS) is 17.0. The van der Waals surface area contributed by atoms with Gasteiger partial charge in [0.2, 0.25) is 0 Å². The summed E-state index contributed by atoms with van der Waals surface area (Å²) in [5.41, 5.74) is 4.88. The zero-order valence-corrected chi connectivity index (χ0v) is 26.1. The number of fused-ring (bicyclic) bond motifs is 1. The van der Waals surface area contributed by atoms with Crippen molar-refractivity contribution in [1.82, 2.24) is 29.0 Å². The molecule has 44 heavy (non-hydrogen) atoms. The number of benzene rings is 2. The summed E-state index contributed by atoms with van der Waals surface area (Å²) in [4.78, 5) is 24.6. The van der Waals surface area contributed by atoms with Crippen molar-refractivity contribution in [2.75, 3.05) is 18.4 Å². The van der Waals surface area contributed by atoms with Gasteiger partial charge >= 0.3 is 0 Å². The summed E-state index contributed by atoms with van der Waals surface area (Å²) in [7, 11) is 1.97. The van der Waals surface area contributed by atoms with E-state index in [0.29, 0.717) is 48.8 Å². The van der Waals surface area contributed by atoms with Crippen LogP contribution in [0.1, 0.15) is 60.1 Å². The number of likely N-dealkylation sites (tertiary alicyclic amines) is 1. The third kappa shape index (κ3) is 5.58. The first-order valence-corrected chi connectivity index (χ1v) is 14.9. The number of nitrogens with zero attached hydrogens (tertiary/aromatic N) is 6. The van der Waals surface area contributed by atoms with E-state index in [0.717, 1.165) is 39.3 Å². The molecule has 0 spiro atoms. The van der Waals surface area contributed by atoms with Crippen molar-refractivity contribution < 1.29 is 15.0 Å². The lowest BCUT2D eigenvalue weighted by Gasteiger charge is -2.20.